The largest absolute Gasteiger partial charge is 0.440 e. The van der Waals surface area contributed by atoms with Crippen LogP contribution in [0.5, 0.6) is 0 Å². The van der Waals surface area contributed by atoms with E-state index >= 15 is 0 Å². The number of hydrogen-bond donors (Lipinski definition) is 1. The Morgan fingerprint density at radius 2 is 2.32 bits per heavy atom. The Morgan fingerprint density at radius 3 is 3.00 bits per heavy atom. The van der Waals surface area contributed by atoms with E-state index in [1.807, 2.05) is 18.1 Å². The fourth-order valence-corrected chi connectivity index (χ4v) is 2.90. The highest BCUT2D eigenvalue weighted by atomic mass is 16.4. The molecule has 1 aliphatic rings. The number of nitrogens with zero attached hydrogens (tertiary/aromatic N) is 4. The molecule has 3 heterocycles. The van der Waals surface area contributed by atoms with E-state index in [-0.39, 0.29) is 11.9 Å². The third kappa shape index (κ3) is 2.64. The van der Waals surface area contributed by atoms with Gasteiger partial charge in [0, 0.05) is 32.4 Å². The number of piperidine rings is 1. The van der Waals surface area contributed by atoms with Gasteiger partial charge in [-0.05, 0) is 26.2 Å². The quantitative estimate of drug-likeness (QED) is 0.924. The van der Waals surface area contributed by atoms with Crippen LogP contribution >= 0.6 is 0 Å². The van der Waals surface area contributed by atoms with E-state index in [0.29, 0.717) is 23.9 Å². The Kier molecular flexibility index (Phi) is 3.98. The molecule has 1 unspecified atom stereocenters. The van der Waals surface area contributed by atoms with Crippen molar-refractivity contribution in [3.05, 3.63) is 23.8 Å². The van der Waals surface area contributed by atoms with Crippen LogP contribution in [0.3, 0.4) is 0 Å². The summed E-state index contributed by atoms with van der Waals surface area (Å²) < 4.78 is 7.32. The first-order valence-electron chi connectivity index (χ1n) is 7.57. The van der Waals surface area contributed by atoms with E-state index in [9.17, 15) is 4.79 Å². The van der Waals surface area contributed by atoms with Gasteiger partial charge in [0.1, 0.15) is 5.76 Å². The fraction of sp³-hybridized carbons (Fsp3) is 0.533. The van der Waals surface area contributed by atoms with Crippen molar-refractivity contribution in [2.45, 2.75) is 32.2 Å². The molecule has 0 saturated carbocycles. The normalized spacial score (nSPS) is 18.7. The number of likely N-dealkylation sites (tertiary alicyclic amines) is 1. The second-order valence-corrected chi connectivity index (χ2v) is 5.71. The predicted molar refractivity (Wildman–Crippen MR) is 81.2 cm³/mol. The minimum atomic E-state index is -0.0912. The van der Waals surface area contributed by atoms with E-state index in [1.165, 1.54) is 0 Å². The number of aryl methyl sites for hydroxylation is 2. The van der Waals surface area contributed by atoms with Crippen LogP contribution in [-0.2, 0) is 7.05 Å². The molecule has 7 nitrogen and oxygen atoms in total. The van der Waals surface area contributed by atoms with E-state index in [2.05, 4.69) is 10.1 Å². The number of carbonyl (C=O) groups is 1. The van der Waals surface area contributed by atoms with Gasteiger partial charge < -0.3 is 15.1 Å². The molecule has 1 aliphatic heterocycles. The Hall–Kier alpha value is -2.15. The molecule has 1 fully saturated rings. The molecule has 3 rings (SSSR count). The lowest BCUT2D eigenvalue weighted by atomic mass is 10.0. The van der Waals surface area contributed by atoms with E-state index in [0.717, 1.165) is 31.4 Å². The van der Waals surface area contributed by atoms with Crippen molar-refractivity contribution in [2.24, 2.45) is 12.8 Å². The molecule has 118 valence electrons. The number of rotatable bonds is 3. The lowest BCUT2D eigenvalue weighted by molar-refractivity contribution is 0.0616. The molecule has 0 bridgehead atoms. The van der Waals surface area contributed by atoms with E-state index < -0.39 is 0 Å². The molecule has 1 amide bonds. The van der Waals surface area contributed by atoms with Gasteiger partial charge in [-0.3, -0.25) is 9.48 Å². The number of amides is 1. The van der Waals surface area contributed by atoms with Gasteiger partial charge in [0.15, 0.2) is 5.69 Å². The maximum absolute atomic E-state index is 12.8. The molecule has 2 aromatic heterocycles. The van der Waals surface area contributed by atoms with Crippen LogP contribution in [0.1, 0.15) is 35.5 Å². The lowest BCUT2D eigenvalue weighted by Gasteiger charge is -2.34. The summed E-state index contributed by atoms with van der Waals surface area (Å²) in [6.07, 6.45) is 6.56. The van der Waals surface area contributed by atoms with Crippen molar-refractivity contribution in [1.82, 2.24) is 19.7 Å². The Morgan fingerprint density at radius 1 is 1.50 bits per heavy atom. The van der Waals surface area contributed by atoms with Crippen LogP contribution in [-0.4, -0.2) is 44.7 Å². The second kappa shape index (κ2) is 5.92. The number of oxazole rings is 1. The molecule has 0 radical (unpaired) electrons. The monoisotopic (exact) mass is 303 g/mol. The van der Waals surface area contributed by atoms with Crippen LogP contribution in [0.25, 0.3) is 11.5 Å². The van der Waals surface area contributed by atoms with E-state index in [1.54, 1.807) is 17.8 Å². The predicted octanol–water partition coefficient (Wildman–Crippen LogP) is 1.34. The second-order valence-electron chi connectivity index (χ2n) is 5.71. The summed E-state index contributed by atoms with van der Waals surface area (Å²) in [5.41, 5.74) is 6.93. The highest BCUT2D eigenvalue weighted by Gasteiger charge is 2.30. The number of carbonyl (C=O) groups excluding carboxylic acids is 1. The zero-order chi connectivity index (χ0) is 15.7. The van der Waals surface area contributed by atoms with Gasteiger partial charge in [-0.25, -0.2) is 4.98 Å². The molecule has 22 heavy (non-hydrogen) atoms. The Labute approximate surface area is 129 Å². The van der Waals surface area contributed by atoms with Crippen molar-refractivity contribution in [1.29, 1.82) is 0 Å². The highest BCUT2D eigenvalue weighted by molar-refractivity contribution is 5.94. The highest BCUT2D eigenvalue weighted by Crippen LogP contribution is 2.24. The van der Waals surface area contributed by atoms with Crippen LogP contribution in [0.15, 0.2) is 16.8 Å². The molecule has 1 atom stereocenters. The summed E-state index contributed by atoms with van der Waals surface area (Å²) in [5, 5.41) is 4.10. The van der Waals surface area contributed by atoms with Crippen LogP contribution in [0, 0.1) is 6.92 Å². The lowest BCUT2D eigenvalue weighted by Crippen LogP contribution is -2.47. The Balaban J connectivity index is 1.88. The maximum atomic E-state index is 12.8. The average molecular weight is 303 g/mol. The van der Waals surface area contributed by atoms with Crippen molar-refractivity contribution in [2.75, 3.05) is 13.1 Å². The molecule has 2 aromatic rings. The van der Waals surface area contributed by atoms with Gasteiger partial charge >= 0.3 is 0 Å². The number of hydrogen-bond acceptors (Lipinski definition) is 5. The summed E-state index contributed by atoms with van der Waals surface area (Å²) in [7, 11) is 1.82. The maximum Gasteiger partial charge on any atom is 0.276 e. The minimum Gasteiger partial charge on any atom is -0.440 e. The first-order valence-corrected chi connectivity index (χ1v) is 7.57. The topological polar surface area (TPSA) is 90.2 Å². The van der Waals surface area contributed by atoms with Crippen molar-refractivity contribution in [3.63, 3.8) is 0 Å². The van der Waals surface area contributed by atoms with Crippen LogP contribution in [0.2, 0.25) is 0 Å². The zero-order valence-electron chi connectivity index (χ0n) is 13.0. The molecule has 1 saturated heterocycles. The van der Waals surface area contributed by atoms with Crippen molar-refractivity contribution >= 4 is 5.91 Å². The minimum absolute atomic E-state index is 0.0912. The van der Waals surface area contributed by atoms with Crippen molar-refractivity contribution in [3.8, 4) is 11.5 Å². The summed E-state index contributed by atoms with van der Waals surface area (Å²) in [4.78, 5) is 19.0. The first kappa shape index (κ1) is 14.8. The van der Waals surface area contributed by atoms with Crippen molar-refractivity contribution < 1.29 is 9.21 Å². The standard InChI is InChI=1S/C15H21N5O2/c1-10-13(15(21)20-6-4-3-5-12(20)7-16)18-14(22-10)11-8-17-19(2)9-11/h8-9,12H,3-7,16H2,1-2H3. The number of aromatic nitrogens is 3. The van der Waals surface area contributed by atoms with Gasteiger partial charge in [0.25, 0.3) is 5.91 Å². The Bertz CT molecular complexity index is 675. The third-order valence-corrected chi connectivity index (χ3v) is 4.11. The van der Waals surface area contributed by atoms with Gasteiger partial charge in [-0.2, -0.15) is 5.10 Å². The first-order chi connectivity index (χ1) is 10.6. The van der Waals surface area contributed by atoms with Gasteiger partial charge in [0.2, 0.25) is 5.89 Å². The molecular formula is C15H21N5O2. The van der Waals surface area contributed by atoms with Gasteiger partial charge in [-0.1, -0.05) is 0 Å². The molecule has 0 aliphatic carbocycles. The summed E-state index contributed by atoms with van der Waals surface area (Å²) in [6, 6.07) is 0.0965. The smallest absolute Gasteiger partial charge is 0.276 e. The molecule has 2 N–H and O–H groups in total. The van der Waals surface area contributed by atoms with E-state index in [4.69, 9.17) is 10.2 Å². The van der Waals surface area contributed by atoms with Gasteiger partial charge in [-0.15, -0.1) is 0 Å². The fourth-order valence-electron chi connectivity index (χ4n) is 2.90. The molecule has 7 heteroatoms. The summed E-state index contributed by atoms with van der Waals surface area (Å²) >= 11 is 0. The average Bonchev–Trinajstić information content (AvgIpc) is 3.12. The molecule has 0 spiro atoms. The SMILES string of the molecule is Cc1oc(-c2cnn(C)c2)nc1C(=O)N1CCCCC1CN. The summed E-state index contributed by atoms with van der Waals surface area (Å²) in [6.45, 7) is 2.98. The third-order valence-electron chi connectivity index (χ3n) is 4.11. The van der Waals surface area contributed by atoms with Crippen LogP contribution in [0.4, 0.5) is 0 Å². The molecule has 0 aromatic carbocycles. The van der Waals surface area contributed by atoms with Crippen LogP contribution < -0.4 is 5.73 Å². The summed E-state index contributed by atoms with van der Waals surface area (Å²) in [5.74, 6) is 0.868. The zero-order valence-corrected chi connectivity index (χ0v) is 13.0. The molecular weight excluding hydrogens is 282 g/mol. The van der Waals surface area contributed by atoms with Gasteiger partial charge in [0.05, 0.1) is 11.8 Å². The number of nitrogens with two attached hydrogens (primary N) is 1.